The number of carbonyl (C=O) groups excluding carboxylic acids is 1. The van der Waals surface area contributed by atoms with Gasteiger partial charge in [0.2, 0.25) is 5.91 Å². The van der Waals surface area contributed by atoms with E-state index in [1.54, 1.807) is 6.33 Å². The van der Waals surface area contributed by atoms with Crippen LogP contribution < -0.4 is 5.32 Å². The van der Waals surface area contributed by atoms with Gasteiger partial charge in [-0.1, -0.05) is 43.0 Å². The Labute approximate surface area is 157 Å². The fraction of sp³-hybridized carbons (Fsp3) is 0.250. The molecule has 0 saturated heterocycles. The number of amides is 1. The zero-order valence-electron chi connectivity index (χ0n) is 15.2. The van der Waals surface area contributed by atoms with Crippen LogP contribution in [0.4, 0.5) is 5.69 Å². The van der Waals surface area contributed by atoms with Gasteiger partial charge in [0.05, 0.1) is 5.75 Å². The molecule has 0 aliphatic rings. The van der Waals surface area contributed by atoms with Gasteiger partial charge in [0.25, 0.3) is 0 Å². The van der Waals surface area contributed by atoms with E-state index in [9.17, 15) is 4.79 Å². The van der Waals surface area contributed by atoms with Gasteiger partial charge >= 0.3 is 0 Å². The van der Waals surface area contributed by atoms with E-state index in [1.807, 2.05) is 34.9 Å². The molecule has 0 aliphatic carbocycles. The summed E-state index contributed by atoms with van der Waals surface area (Å²) in [4.78, 5) is 12.3. The van der Waals surface area contributed by atoms with Crippen LogP contribution in [0.5, 0.6) is 0 Å². The summed E-state index contributed by atoms with van der Waals surface area (Å²) in [6, 6.07) is 14.1. The topological polar surface area (TPSA) is 59.8 Å². The Morgan fingerprint density at radius 3 is 2.73 bits per heavy atom. The van der Waals surface area contributed by atoms with Crippen LogP contribution in [0.15, 0.2) is 53.9 Å². The number of rotatable bonds is 6. The molecule has 0 fully saturated rings. The number of hydrogen-bond donors (Lipinski definition) is 1. The standard InChI is InChI=1S/C20H22N4OS/c1-4-16-7-5-6-8-18(16)22-19(25)12-26-20-23-21-13-24(20)17-10-9-14(2)15(3)11-17/h5-11,13H,4,12H2,1-3H3,(H,22,25). The number of thioether (sulfide) groups is 1. The minimum atomic E-state index is -0.0504. The van der Waals surface area contributed by atoms with Crippen molar-refractivity contribution >= 4 is 23.4 Å². The molecular weight excluding hydrogens is 344 g/mol. The van der Waals surface area contributed by atoms with Crippen molar-refractivity contribution in [2.45, 2.75) is 32.3 Å². The smallest absolute Gasteiger partial charge is 0.234 e. The highest BCUT2D eigenvalue weighted by molar-refractivity contribution is 7.99. The average molecular weight is 366 g/mol. The van der Waals surface area contributed by atoms with Gasteiger partial charge in [-0.15, -0.1) is 10.2 Å². The Morgan fingerprint density at radius 1 is 1.15 bits per heavy atom. The normalized spacial score (nSPS) is 10.7. The molecule has 5 nitrogen and oxygen atoms in total. The number of para-hydroxylation sites is 1. The molecule has 0 unspecified atom stereocenters. The molecule has 1 heterocycles. The van der Waals surface area contributed by atoms with Gasteiger partial charge in [-0.2, -0.15) is 0 Å². The molecule has 0 radical (unpaired) electrons. The number of nitrogens with zero attached hydrogens (tertiary/aromatic N) is 3. The van der Waals surface area contributed by atoms with Crippen molar-refractivity contribution in [3.05, 3.63) is 65.5 Å². The maximum Gasteiger partial charge on any atom is 0.234 e. The lowest BCUT2D eigenvalue weighted by Crippen LogP contribution is -2.15. The van der Waals surface area contributed by atoms with Gasteiger partial charge in [-0.05, 0) is 55.2 Å². The molecule has 134 valence electrons. The molecule has 2 aromatic carbocycles. The molecule has 1 N–H and O–H groups in total. The highest BCUT2D eigenvalue weighted by Gasteiger charge is 2.12. The first-order valence-electron chi connectivity index (χ1n) is 8.56. The van der Waals surface area contributed by atoms with Crippen molar-refractivity contribution in [2.75, 3.05) is 11.1 Å². The molecule has 0 saturated carbocycles. The highest BCUT2D eigenvalue weighted by Crippen LogP contribution is 2.22. The zero-order chi connectivity index (χ0) is 18.5. The summed E-state index contributed by atoms with van der Waals surface area (Å²) in [6.07, 6.45) is 2.56. The number of aryl methyl sites for hydroxylation is 3. The Bertz CT molecular complexity index is 920. The van der Waals surface area contributed by atoms with Gasteiger partial charge in [0.15, 0.2) is 5.16 Å². The third-order valence-electron chi connectivity index (χ3n) is 4.29. The predicted octanol–water partition coefficient (Wildman–Crippen LogP) is 4.18. The molecule has 3 rings (SSSR count). The fourth-order valence-electron chi connectivity index (χ4n) is 2.64. The van der Waals surface area contributed by atoms with Crippen molar-refractivity contribution < 1.29 is 4.79 Å². The van der Waals surface area contributed by atoms with Gasteiger partial charge < -0.3 is 5.32 Å². The van der Waals surface area contributed by atoms with Crippen LogP contribution in [0.25, 0.3) is 5.69 Å². The Hall–Kier alpha value is -2.60. The van der Waals surface area contributed by atoms with Crippen molar-refractivity contribution in [1.29, 1.82) is 0 Å². The second kappa shape index (κ2) is 8.19. The Balaban J connectivity index is 1.68. The van der Waals surface area contributed by atoms with Crippen LogP contribution in [-0.4, -0.2) is 26.4 Å². The molecule has 0 bridgehead atoms. The van der Waals surface area contributed by atoms with Crippen LogP contribution in [-0.2, 0) is 11.2 Å². The largest absolute Gasteiger partial charge is 0.325 e. The molecular formula is C20H22N4OS. The van der Waals surface area contributed by atoms with E-state index in [2.05, 4.69) is 48.4 Å². The molecule has 3 aromatic rings. The summed E-state index contributed by atoms with van der Waals surface area (Å²) >= 11 is 1.38. The summed E-state index contributed by atoms with van der Waals surface area (Å²) in [5.41, 5.74) is 5.45. The summed E-state index contributed by atoms with van der Waals surface area (Å²) < 4.78 is 1.91. The van der Waals surface area contributed by atoms with Gasteiger partial charge in [0, 0.05) is 11.4 Å². The Kier molecular flexibility index (Phi) is 5.73. The number of benzene rings is 2. The predicted molar refractivity (Wildman–Crippen MR) is 106 cm³/mol. The third-order valence-corrected chi connectivity index (χ3v) is 5.23. The van der Waals surface area contributed by atoms with Crippen molar-refractivity contribution in [1.82, 2.24) is 14.8 Å². The number of aromatic nitrogens is 3. The Morgan fingerprint density at radius 2 is 1.96 bits per heavy atom. The molecule has 0 aliphatic heterocycles. The second-order valence-corrected chi connectivity index (χ2v) is 7.04. The molecule has 26 heavy (non-hydrogen) atoms. The lowest BCUT2D eigenvalue weighted by Gasteiger charge is -2.10. The molecule has 0 spiro atoms. The lowest BCUT2D eigenvalue weighted by molar-refractivity contribution is -0.113. The van der Waals surface area contributed by atoms with Crippen LogP contribution in [0.3, 0.4) is 0 Å². The molecule has 0 atom stereocenters. The third kappa shape index (κ3) is 4.14. The molecule has 1 aromatic heterocycles. The number of hydrogen-bond acceptors (Lipinski definition) is 4. The van der Waals surface area contributed by atoms with Crippen molar-refractivity contribution in [3.8, 4) is 5.69 Å². The summed E-state index contributed by atoms with van der Waals surface area (Å²) in [5.74, 6) is 0.229. The first-order chi connectivity index (χ1) is 12.6. The quantitative estimate of drug-likeness (QED) is 0.665. The van der Waals surface area contributed by atoms with E-state index in [4.69, 9.17) is 0 Å². The molecule has 1 amide bonds. The number of nitrogens with one attached hydrogen (secondary N) is 1. The first-order valence-corrected chi connectivity index (χ1v) is 9.55. The minimum Gasteiger partial charge on any atom is -0.325 e. The zero-order valence-corrected chi connectivity index (χ0v) is 16.0. The van der Waals surface area contributed by atoms with Crippen LogP contribution in [0.2, 0.25) is 0 Å². The van der Waals surface area contributed by atoms with Crippen molar-refractivity contribution in [2.24, 2.45) is 0 Å². The monoisotopic (exact) mass is 366 g/mol. The maximum atomic E-state index is 12.3. The number of anilines is 1. The molecule has 6 heteroatoms. The lowest BCUT2D eigenvalue weighted by atomic mass is 10.1. The van der Waals surface area contributed by atoms with Gasteiger partial charge in [-0.25, -0.2) is 0 Å². The van der Waals surface area contributed by atoms with E-state index in [-0.39, 0.29) is 11.7 Å². The maximum absolute atomic E-state index is 12.3. The van der Waals surface area contributed by atoms with E-state index in [0.717, 1.165) is 23.4 Å². The van der Waals surface area contributed by atoms with Gasteiger partial charge in [0.1, 0.15) is 6.33 Å². The number of carbonyl (C=O) groups is 1. The summed E-state index contributed by atoms with van der Waals surface area (Å²) in [6.45, 7) is 6.24. The summed E-state index contributed by atoms with van der Waals surface area (Å²) in [7, 11) is 0. The van der Waals surface area contributed by atoms with Gasteiger partial charge in [-0.3, -0.25) is 9.36 Å². The van der Waals surface area contributed by atoms with E-state index >= 15 is 0 Å². The van der Waals surface area contributed by atoms with Crippen LogP contribution in [0, 0.1) is 13.8 Å². The van der Waals surface area contributed by atoms with E-state index in [0.29, 0.717) is 5.16 Å². The van der Waals surface area contributed by atoms with Crippen LogP contribution in [0.1, 0.15) is 23.6 Å². The average Bonchev–Trinajstić information content (AvgIpc) is 3.11. The highest BCUT2D eigenvalue weighted by atomic mass is 32.2. The first kappa shape index (κ1) is 18.2. The summed E-state index contributed by atoms with van der Waals surface area (Å²) in [5, 5.41) is 11.8. The van der Waals surface area contributed by atoms with Crippen molar-refractivity contribution in [3.63, 3.8) is 0 Å². The minimum absolute atomic E-state index is 0.0504. The second-order valence-electron chi connectivity index (χ2n) is 6.10. The van der Waals surface area contributed by atoms with E-state index < -0.39 is 0 Å². The fourth-order valence-corrected chi connectivity index (χ4v) is 3.37. The SMILES string of the molecule is CCc1ccccc1NC(=O)CSc1nncn1-c1ccc(C)c(C)c1. The van der Waals surface area contributed by atoms with E-state index in [1.165, 1.54) is 22.9 Å². The van der Waals surface area contributed by atoms with Crippen LogP contribution >= 0.6 is 11.8 Å².